The van der Waals surface area contributed by atoms with Crippen LogP contribution in [-0.4, -0.2) is 23.0 Å². The van der Waals surface area contributed by atoms with Gasteiger partial charge in [-0.25, -0.2) is 0 Å². The van der Waals surface area contributed by atoms with Crippen molar-refractivity contribution < 1.29 is 4.79 Å². The van der Waals surface area contributed by atoms with Crippen molar-refractivity contribution in [1.29, 1.82) is 0 Å². The fourth-order valence-corrected chi connectivity index (χ4v) is 4.09. The fraction of sp³-hybridized carbons (Fsp3) is 0.318. The summed E-state index contributed by atoms with van der Waals surface area (Å²) in [6.07, 6.45) is 2.31. The predicted molar refractivity (Wildman–Crippen MR) is 103 cm³/mol. The summed E-state index contributed by atoms with van der Waals surface area (Å²) in [4.78, 5) is 17.5. The largest absolute Gasteiger partial charge is 0.344 e. The predicted octanol–water partition coefficient (Wildman–Crippen LogP) is 4.61. The van der Waals surface area contributed by atoms with Gasteiger partial charge in [0.1, 0.15) is 0 Å². The van der Waals surface area contributed by atoms with Gasteiger partial charge < -0.3 is 9.80 Å². The van der Waals surface area contributed by atoms with Crippen LogP contribution in [0.25, 0.3) is 5.57 Å². The Hall–Kier alpha value is -2.55. The van der Waals surface area contributed by atoms with Crippen LogP contribution in [0.3, 0.4) is 0 Å². The lowest BCUT2D eigenvalue weighted by Gasteiger charge is -2.49. The van der Waals surface area contributed by atoms with E-state index in [-0.39, 0.29) is 11.4 Å². The van der Waals surface area contributed by atoms with Crippen molar-refractivity contribution in [3.8, 4) is 0 Å². The number of carbonyl (C=O) groups is 1. The third-order valence-electron chi connectivity index (χ3n) is 5.26. The number of amides is 1. The Kier molecular flexibility index (Phi) is 3.50. The van der Waals surface area contributed by atoms with Crippen LogP contribution >= 0.6 is 0 Å². The molecule has 0 bridgehead atoms. The van der Waals surface area contributed by atoms with E-state index in [0.717, 1.165) is 22.4 Å². The summed E-state index contributed by atoms with van der Waals surface area (Å²) in [5.41, 5.74) is 6.57. The first-order chi connectivity index (χ1) is 11.9. The SMILES string of the molecule is CC1=CC(C)(C)N2CN(Cc3ccccc3)C(=O)c3cc(C)cc1c32. The quantitative estimate of drug-likeness (QED) is 0.802. The second-order valence-corrected chi connectivity index (χ2v) is 7.75. The Morgan fingerprint density at radius 3 is 2.44 bits per heavy atom. The third-order valence-corrected chi connectivity index (χ3v) is 5.26. The zero-order chi connectivity index (χ0) is 17.8. The van der Waals surface area contributed by atoms with Crippen molar-refractivity contribution in [2.75, 3.05) is 11.6 Å². The molecular formula is C22H24N2O. The van der Waals surface area contributed by atoms with Crippen LogP contribution in [0.5, 0.6) is 0 Å². The molecule has 0 radical (unpaired) electrons. The standard InChI is InChI=1S/C22H24N2O/c1-15-10-18-16(2)12-22(3,4)24-14-23(13-17-8-6-5-7-9-17)21(25)19(11-15)20(18)24/h5-12H,13-14H2,1-4H3. The second kappa shape index (κ2) is 5.48. The highest BCUT2D eigenvalue weighted by Gasteiger charge is 2.40. The molecule has 0 unspecified atom stereocenters. The number of hydrogen-bond acceptors (Lipinski definition) is 2. The number of carbonyl (C=O) groups excluding carboxylic acids is 1. The van der Waals surface area contributed by atoms with Crippen LogP contribution in [0.2, 0.25) is 0 Å². The first-order valence-corrected chi connectivity index (χ1v) is 8.82. The van der Waals surface area contributed by atoms with Crippen molar-refractivity contribution in [2.45, 2.75) is 39.8 Å². The lowest BCUT2D eigenvalue weighted by atomic mass is 9.85. The lowest BCUT2D eigenvalue weighted by molar-refractivity contribution is 0.0719. The molecule has 2 aliphatic rings. The monoisotopic (exact) mass is 332 g/mol. The van der Waals surface area contributed by atoms with Gasteiger partial charge in [0.15, 0.2) is 0 Å². The summed E-state index contributed by atoms with van der Waals surface area (Å²) in [6, 6.07) is 14.5. The number of rotatable bonds is 2. The second-order valence-electron chi connectivity index (χ2n) is 7.75. The Balaban J connectivity index is 1.82. The number of nitrogens with zero attached hydrogens (tertiary/aromatic N) is 2. The summed E-state index contributed by atoms with van der Waals surface area (Å²) >= 11 is 0. The molecule has 0 fully saturated rings. The van der Waals surface area contributed by atoms with Crippen LogP contribution < -0.4 is 4.90 Å². The molecule has 0 aliphatic carbocycles. The lowest BCUT2D eigenvalue weighted by Crippen LogP contribution is -2.55. The number of aryl methyl sites for hydroxylation is 1. The van der Waals surface area contributed by atoms with E-state index in [4.69, 9.17) is 0 Å². The summed E-state index contributed by atoms with van der Waals surface area (Å²) in [7, 11) is 0. The Morgan fingerprint density at radius 2 is 1.72 bits per heavy atom. The van der Waals surface area contributed by atoms with Crippen molar-refractivity contribution >= 4 is 17.2 Å². The van der Waals surface area contributed by atoms with Gasteiger partial charge in [0.2, 0.25) is 0 Å². The van der Waals surface area contributed by atoms with Gasteiger partial charge in [-0.2, -0.15) is 0 Å². The topological polar surface area (TPSA) is 23.6 Å². The number of benzene rings is 2. The fourth-order valence-electron chi connectivity index (χ4n) is 4.09. The number of allylic oxidation sites excluding steroid dienone is 1. The number of anilines is 1. The van der Waals surface area contributed by atoms with E-state index in [1.165, 1.54) is 11.1 Å². The maximum absolute atomic E-state index is 13.2. The van der Waals surface area contributed by atoms with Crippen LogP contribution in [0.4, 0.5) is 5.69 Å². The molecule has 0 aromatic heterocycles. The van der Waals surface area contributed by atoms with Crippen LogP contribution in [0.1, 0.15) is 47.8 Å². The van der Waals surface area contributed by atoms with E-state index in [2.05, 4.69) is 56.9 Å². The van der Waals surface area contributed by atoms with Gasteiger partial charge in [-0.3, -0.25) is 4.79 Å². The van der Waals surface area contributed by atoms with Crippen LogP contribution in [0.15, 0.2) is 48.5 Å². The smallest absolute Gasteiger partial charge is 0.257 e. The summed E-state index contributed by atoms with van der Waals surface area (Å²) < 4.78 is 0. The van der Waals surface area contributed by atoms with Gasteiger partial charge in [0, 0.05) is 12.1 Å². The van der Waals surface area contributed by atoms with Gasteiger partial charge >= 0.3 is 0 Å². The number of hydrogen-bond donors (Lipinski definition) is 0. The zero-order valence-corrected chi connectivity index (χ0v) is 15.3. The molecule has 4 rings (SSSR count). The Bertz CT molecular complexity index is 880. The molecule has 2 aromatic rings. The first-order valence-electron chi connectivity index (χ1n) is 8.82. The molecule has 1 amide bonds. The Labute approximate surface area is 149 Å². The van der Waals surface area contributed by atoms with Gasteiger partial charge in [0.25, 0.3) is 5.91 Å². The third kappa shape index (κ3) is 2.55. The molecule has 0 N–H and O–H groups in total. The molecule has 0 saturated heterocycles. The highest BCUT2D eigenvalue weighted by atomic mass is 16.2. The summed E-state index contributed by atoms with van der Waals surface area (Å²) in [6.45, 7) is 9.91. The molecule has 2 aromatic carbocycles. The molecule has 3 nitrogen and oxygen atoms in total. The van der Waals surface area contributed by atoms with Crippen LogP contribution in [0, 0.1) is 6.92 Å². The van der Waals surface area contributed by atoms with E-state index in [1.807, 2.05) is 29.2 Å². The first kappa shape index (κ1) is 15.9. The molecule has 128 valence electrons. The molecule has 0 saturated carbocycles. The maximum Gasteiger partial charge on any atom is 0.257 e. The minimum absolute atomic E-state index is 0.114. The van der Waals surface area contributed by atoms with E-state index in [1.54, 1.807) is 0 Å². The molecule has 25 heavy (non-hydrogen) atoms. The van der Waals surface area contributed by atoms with Crippen LogP contribution in [-0.2, 0) is 6.54 Å². The Morgan fingerprint density at radius 1 is 1.04 bits per heavy atom. The average molecular weight is 332 g/mol. The molecule has 2 aliphatic heterocycles. The molecule has 0 spiro atoms. The highest BCUT2D eigenvalue weighted by Crippen LogP contribution is 2.44. The van der Waals surface area contributed by atoms with Crippen molar-refractivity contribution in [2.24, 2.45) is 0 Å². The van der Waals surface area contributed by atoms with E-state index in [9.17, 15) is 4.79 Å². The zero-order valence-electron chi connectivity index (χ0n) is 15.3. The minimum Gasteiger partial charge on any atom is -0.344 e. The molecular weight excluding hydrogens is 308 g/mol. The molecule has 3 heteroatoms. The van der Waals surface area contributed by atoms with Gasteiger partial charge in [-0.15, -0.1) is 0 Å². The van der Waals surface area contributed by atoms with Crippen molar-refractivity contribution in [3.05, 3.63) is 70.8 Å². The highest BCUT2D eigenvalue weighted by molar-refractivity contribution is 6.05. The minimum atomic E-state index is -0.114. The summed E-state index contributed by atoms with van der Waals surface area (Å²) in [5.74, 6) is 0.130. The maximum atomic E-state index is 13.2. The van der Waals surface area contributed by atoms with E-state index in [0.29, 0.717) is 13.2 Å². The molecule has 0 atom stereocenters. The van der Waals surface area contributed by atoms with Crippen molar-refractivity contribution in [1.82, 2.24) is 4.90 Å². The average Bonchev–Trinajstić information content (AvgIpc) is 2.56. The van der Waals surface area contributed by atoms with Gasteiger partial charge in [-0.1, -0.05) is 36.4 Å². The van der Waals surface area contributed by atoms with Crippen molar-refractivity contribution in [3.63, 3.8) is 0 Å². The van der Waals surface area contributed by atoms with E-state index < -0.39 is 0 Å². The van der Waals surface area contributed by atoms with E-state index >= 15 is 0 Å². The molecule has 2 heterocycles. The van der Waals surface area contributed by atoms with Gasteiger partial charge in [-0.05, 0) is 56.5 Å². The van der Waals surface area contributed by atoms with Gasteiger partial charge in [0.05, 0.1) is 23.5 Å². The normalized spacial score (nSPS) is 18.1. The summed E-state index contributed by atoms with van der Waals surface area (Å²) in [5, 5.41) is 0.